The number of nitrogens with one attached hydrogen (secondary N) is 1. The largest absolute Gasteiger partial charge is 0.494 e. The van der Waals surface area contributed by atoms with Gasteiger partial charge in [0.05, 0.1) is 18.3 Å². The van der Waals surface area contributed by atoms with Crippen molar-refractivity contribution in [2.45, 2.75) is 18.9 Å². The summed E-state index contributed by atoms with van der Waals surface area (Å²) in [5, 5.41) is 3.05. The minimum absolute atomic E-state index is 0.0720. The van der Waals surface area contributed by atoms with Crippen molar-refractivity contribution in [3.05, 3.63) is 96.1 Å². The zero-order valence-electron chi connectivity index (χ0n) is 14.8. The van der Waals surface area contributed by atoms with Crippen LogP contribution in [0.2, 0.25) is 0 Å². The second-order valence-corrected chi connectivity index (χ2v) is 6.07. The van der Waals surface area contributed by atoms with Crippen molar-refractivity contribution in [1.29, 1.82) is 0 Å². The first kappa shape index (κ1) is 18.6. The van der Waals surface area contributed by atoms with Crippen LogP contribution in [0.1, 0.15) is 30.1 Å². The molecule has 1 heterocycles. The molecular formula is C22H21FN2O2. The Bertz CT molecular complexity index is 800. The molecule has 0 fully saturated rings. The Hall–Kier alpha value is -3.21. The van der Waals surface area contributed by atoms with Crippen LogP contribution in [0.15, 0.2) is 79.0 Å². The van der Waals surface area contributed by atoms with E-state index in [0.29, 0.717) is 25.2 Å². The van der Waals surface area contributed by atoms with Crippen LogP contribution in [-0.4, -0.2) is 17.5 Å². The average molecular weight is 364 g/mol. The number of hydrogen-bond donors (Lipinski definition) is 1. The number of amides is 1. The maximum atomic E-state index is 12.9. The summed E-state index contributed by atoms with van der Waals surface area (Å²) in [6, 6.07) is 20.9. The second-order valence-electron chi connectivity index (χ2n) is 6.07. The Balaban J connectivity index is 1.54. The normalized spacial score (nSPS) is 11.6. The van der Waals surface area contributed by atoms with Crippen molar-refractivity contribution in [1.82, 2.24) is 10.3 Å². The zero-order valence-corrected chi connectivity index (χ0v) is 14.8. The summed E-state index contributed by atoms with van der Waals surface area (Å²) < 4.78 is 18.4. The number of nitrogens with zero attached hydrogens (tertiary/aromatic N) is 1. The highest BCUT2D eigenvalue weighted by molar-refractivity contribution is 5.76. The highest BCUT2D eigenvalue weighted by Crippen LogP contribution is 2.20. The molecule has 3 aromatic rings. The van der Waals surface area contributed by atoms with Gasteiger partial charge in [0.15, 0.2) is 0 Å². The van der Waals surface area contributed by atoms with Crippen molar-refractivity contribution in [2.75, 3.05) is 6.61 Å². The van der Waals surface area contributed by atoms with Crippen LogP contribution in [0.5, 0.6) is 5.75 Å². The van der Waals surface area contributed by atoms with Gasteiger partial charge in [-0.2, -0.15) is 0 Å². The molecule has 0 radical (unpaired) electrons. The van der Waals surface area contributed by atoms with Gasteiger partial charge < -0.3 is 10.1 Å². The highest BCUT2D eigenvalue weighted by Gasteiger charge is 2.17. The molecule has 0 saturated heterocycles. The van der Waals surface area contributed by atoms with Crippen molar-refractivity contribution in [2.24, 2.45) is 0 Å². The number of carbonyl (C=O) groups excluding carboxylic acids is 1. The lowest BCUT2D eigenvalue weighted by molar-refractivity contribution is -0.121. The molecule has 0 aliphatic rings. The Labute approximate surface area is 158 Å². The number of pyridine rings is 1. The van der Waals surface area contributed by atoms with Gasteiger partial charge in [0.2, 0.25) is 5.91 Å². The van der Waals surface area contributed by atoms with Crippen molar-refractivity contribution < 1.29 is 13.9 Å². The lowest BCUT2D eigenvalue weighted by Crippen LogP contribution is -2.30. The number of hydrogen-bond acceptors (Lipinski definition) is 3. The van der Waals surface area contributed by atoms with E-state index in [1.54, 1.807) is 18.3 Å². The van der Waals surface area contributed by atoms with Crippen molar-refractivity contribution >= 4 is 5.91 Å². The average Bonchev–Trinajstić information content (AvgIpc) is 2.72. The molecule has 138 valence electrons. The minimum atomic E-state index is -0.303. The Morgan fingerprint density at radius 3 is 2.44 bits per heavy atom. The van der Waals surface area contributed by atoms with E-state index in [9.17, 15) is 9.18 Å². The van der Waals surface area contributed by atoms with Crippen LogP contribution in [0.4, 0.5) is 4.39 Å². The zero-order chi connectivity index (χ0) is 18.9. The summed E-state index contributed by atoms with van der Waals surface area (Å²) >= 11 is 0. The summed E-state index contributed by atoms with van der Waals surface area (Å²) in [7, 11) is 0. The van der Waals surface area contributed by atoms with Crippen LogP contribution < -0.4 is 10.1 Å². The molecule has 5 heteroatoms. The van der Waals surface area contributed by atoms with Gasteiger partial charge in [-0.25, -0.2) is 4.39 Å². The number of carbonyl (C=O) groups is 1. The first-order valence-corrected chi connectivity index (χ1v) is 8.86. The third kappa shape index (κ3) is 5.64. The van der Waals surface area contributed by atoms with Gasteiger partial charge in [0.1, 0.15) is 11.6 Å². The number of aromatic nitrogens is 1. The first-order chi connectivity index (χ1) is 13.2. The van der Waals surface area contributed by atoms with E-state index in [-0.39, 0.29) is 17.8 Å². The van der Waals surface area contributed by atoms with Crippen LogP contribution in [0, 0.1) is 5.82 Å². The Morgan fingerprint density at radius 1 is 1.00 bits per heavy atom. The lowest BCUT2D eigenvalue weighted by Gasteiger charge is -2.19. The fraction of sp³-hybridized carbons (Fsp3) is 0.182. The molecule has 4 nitrogen and oxygen atoms in total. The van der Waals surface area contributed by atoms with Gasteiger partial charge in [0, 0.05) is 12.6 Å². The van der Waals surface area contributed by atoms with Gasteiger partial charge in [-0.3, -0.25) is 9.78 Å². The van der Waals surface area contributed by atoms with E-state index in [2.05, 4.69) is 10.3 Å². The van der Waals surface area contributed by atoms with Gasteiger partial charge >= 0.3 is 0 Å². The Morgan fingerprint density at radius 2 is 1.74 bits per heavy atom. The highest BCUT2D eigenvalue weighted by atomic mass is 19.1. The van der Waals surface area contributed by atoms with Crippen LogP contribution in [0.25, 0.3) is 0 Å². The van der Waals surface area contributed by atoms with E-state index < -0.39 is 0 Å². The summed E-state index contributed by atoms with van der Waals surface area (Å²) in [6.07, 6.45) is 2.61. The molecule has 1 amide bonds. The maximum absolute atomic E-state index is 12.9. The summed E-state index contributed by atoms with van der Waals surface area (Å²) in [4.78, 5) is 16.8. The third-order valence-corrected chi connectivity index (χ3v) is 4.05. The molecule has 0 saturated carbocycles. The number of ether oxygens (including phenoxy) is 1. The van der Waals surface area contributed by atoms with Gasteiger partial charge in [-0.05, 0) is 48.4 Å². The molecule has 0 aliphatic carbocycles. The van der Waals surface area contributed by atoms with E-state index >= 15 is 0 Å². The number of benzene rings is 2. The molecule has 1 aromatic heterocycles. The predicted molar refractivity (Wildman–Crippen MR) is 102 cm³/mol. The van der Waals surface area contributed by atoms with E-state index in [4.69, 9.17) is 4.74 Å². The van der Waals surface area contributed by atoms with E-state index in [1.807, 2.05) is 48.5 Å². The topological polar surface area (TPSA) is 51.2 Å². The molecule has 3 rings (SSSR count). The Kier molecular flexibility index (Phi) is 6.52. The van der Waals surface area contributed by atoms with Crippen LogP contribution in [0.3, 0.4) is 0 Å². The van der Waals surface area contributed by atoms with E-state index in [1.165, 1.54) is 12.1 Å². The quantitative estimate of drug-likeness (QED) is 0.607. The summed E-state index contributed by atoms with van der Waals surface area (Å²) in [5.74, 6) is 0.216. The summed E-state index contributed by atoms with van der Waals surface area (Å²) in [5.41, 5.74) is 1.77. The van der Waals surface area contributed by atoms with Crippen molar-refractivity contribution in [3.8, 4) is 5.75 Å². The van der Waals surface area contributed by atoms with Gasteiger partial charge in [-0.1, -0.05) is 36.4 Å². The summed E-state index contributed by atoms with van der Waals surface area (Å²) in [6.45, 7) is 0.388. The molecule has 1 unspecified atom stereocenters. The third-order valence-electron chi connectivity index (χ3n) is 4.05. The standard InChI is InChI=1S/C22H21FN2O2/c23-18-11-13-19(14-12-18)27-16-6-10-21(26)25-22(17-7-2-1-3-8-17)20-9-4-5-15-24-20/h1-5,7-9,11-15,22H,6,10,16H2,(H,25,26). The molecule has 0 bridgehead atoms. The molecule has 27 heavy (non-hydrogen) atoms. The number of rotatable bonds is 8. The minimum Gasteiger partial charge on any atom is -0.494 e. The fourth-order valence-electron chi connectivity index (χ4n) is 2.71. The van der Waals surface area contributed by atoms with Gasteiger partial charge in [-0.15, -0.1) is 0 Å². The smallest absolute Gasteiger partial charge is 0.220 e. The maximum Gasteiger partial charge on any atom is 0.220 e. The predicted octanol–water partition coefficient (Wildman–Crippen LogP) is 4.29. The molecule has 2 aromatic carbocycles. The number of halogens is 1. The second kappa shape index (κ2) is 9.48. The molecule has 1 N–H and O–H groups in total. The van der Waals surface area contributed by atoms with Crippen molar-refractivity contribution in [3.63, 3.8) is 0 Å². The lowest BCUT2D eigenvalue weighted by atomic mass is 10.0. The first-order valence-electron chi connectivity index (χ1n) is 8.86. The monoisotopic (exact) mass is 364 g/mol. The molecule has 0 aliphatic heterocycles. The van der Waals surface area contributed by atoms with Crippen LogP contribution >= 0.6 is 0 Å². The molecule has 0 spiro atoms. The molecular weight excluding hydrogens is 343 g/mol. The van der Waals surface area contributed by atoms with Crippen LogP contribution in [-0.2, 0) is 4.79 Å². The van der Waals surface area contributed by atoms with Gasteiger partial charge in [0.25, 0.3) is 0 Å². The SMILES string of the molecule is O=C(CCCOc1ccc(F)cc1)NC(c1ccccc1)c1ccccn1. The van der Waals surface area contributed by atoms with E-state index in [0.717, 1.165) is 11.3 Å². The molecule has 1 atom stereocenters. The fourth-order valence-corrected chi connectivity index (χ4v) is 2.71.